The van der Waals surface area contributed by atoms with Crippen LogP contribution in [0.2, 0.25) is 0 Å². The van der Waals surface area contributed by atoms with Crippen molar-refractivity contribution in [1.82, 2.24) is 10.2 Å². The molecule has 0 aliphatic carbocycles. The molecule has 1 unspecified atom stereocenters. The van der Waals surface area contributed by atoms with Crippen LogP contribution in [0.3, 0.4) is 0 Å². The number of rotatable bonds is 8. The summed E-state index contributed by atoms with van der Waals surface area (Å²) >= 11 is 0. The van der Waals surface area contributed by atoms with Crippen LogP contribution in [0, 0.1) is 0 Å². The minimum Gasteiger partial charge on any atom is -0.395 e. The van der Waals surface area contributed by atoms with Gasteiger partial charge in [0.1, 0.15) is 0 Å². The summed E-state index contributed by atoms with van der Waals surface area (Å²) in [7, 11) is 0. The van der Waals surface area contributed by atoms with Crippen molar-refractivity contribution in [3.63, 3.8) is 0 Å². The van der Waals surface area contributed by atoms with Gasteiger partial charge in [-0.1, -0.05) is 36.4 Å². The van der Waals surface area contributed by atoms with Crippen molar-refractivity contribution < 1.29 is 5.11 Å². The maximum absolute atomic E-state index is 9.29. The average Bonchev–Trinajstić information content (AvgIpc) is 2.39. The molecule has 0 saturated heterocycles. The number of hydrogen-bond donors (Lipinski definition) is 2. The molecule has 3 heteroatoms. The molecule has 112 valence electrons. The van der Waals surface area contributed by atoms with Gasteiger partial charge in [-0.3, -0.25) is 4.90 Å². The van der Waals surface area contributed by atoms with Crippen LogP contribution in [0.1, 0.15) is 32.4 Å². The molecular weight excluding hydrogens is 248 g/mol. The topological polar surface area (TPSA) is 35.5 Å². The molecule has 0 bridgehead atoms. The third-order valence-corrected chi connectivity index (χ3v) is 3.20. The summed E-state index contributed by atoms with van der Waals surface area (Å²) in [5.74, 6) is 0. The quantitative estimate of drug-likeness (QED) is 0.716. The molecule has 0 fully saturated rings. The lowest BCUT2D eigenvalue weighted by Crippen LogP contribution is -2.44. The highest BCUT2D eigenvalue weighted by atomic mass is 16.3. The molecule has 1 aromatic carbocycles. The van der Waals surface area contributed by atoms with E-state index in [-0.39, 0.29) is 18.2 Å². The minimum atomic E-state index is 0.0755. The number of aliphatic hydroxyl groups excluding tert-OH is 1. The smallest absolute Gasteiger partial charge is 0.0558 e. The molecule has 1 atom stereocenters. The molecule has 1 rings (SSSR count). The van der Waals surface area contributed by atoms with Crippen molar-refractivity contribution in [2.45, 2.75) is 32.4 Å². The Labute approximate surface area is 123 Å². The van der Waals surface area contributed by atoms with Crippen LogP contribution < -0.4 is 5.32 Å². The Morgan fingerprint density at radius 1 is 1.30 bits per heavy atom. The molecule has 0 aliphatic heterocycles. The predicted octanol–water partition coefficient (Wildman–Crippen LogP) is 2.60. The van der Waals surface area contributed by atoms with E-state index in [1.165, 1.54) is 5.56 Å². The Kier molecular flexibility index (Phi) is 6.93. The van der Waals surface area contributed by atoms with Crippen LogP contribution in [0.25, 0.3) is 0 Å². The van der Waals surface area contributed by atoms with Gasteiger partial charge in [0.15, 0.2) is 0 Å². The third kappa shape index (κ3) is 5.87. The van der Waals surface area contributed by atoms with E-state index in [0.29, 0.717) is 6.54 Å². The Morgan fingerprint density at radius 2 is 1.95 bits per heavy atom. The van der Waals surface area contributed by atoms with Gasteiger partial charge in [-0.25, -0.2) is 0 Å². The molecule has 0 amide bonds. The highest BCUT2D eigenvalue weighted by Crippen LogP contribution is 2.20. The summed E-state index contributed by atoms with van der Waals surface area (Å²) in [6, 6.07) is 10.7. The molecule has 20 heavy (non-hydrogen) atoms. The van der Waals surface area contributed by atoms with E-state index < -0.39 is 0 Å². The molecule has 0 saturated carbocycles. The van der Waals surface area contributed by atoms with Gasteiger partial charge in [0, 0.05) is 31.2 Å². The second-order valence-electron chi connectivity index (χ2n) is 6.06. The summed E-state index contributed by atoms with van der Waals surface area (Å²) in [6.45, 7) is 12.7. The summed E-state index contributed by atoms with van der Waals surface area (Å²) in [4.78, 5) is 2.25. The standard InChI is InChI=1S/C17H28N2O/c1-5-11-19(12-13-20)16(14-18-17(2,3)4)15-9-7-6-8-10-15/h5-10,16,18,20H,1,11-14H2,2-4H3. The first-order valence-corrected chi connectivity index (χ1v) is 7.23. The Morgan fingerprint density at radius 3 is 2.45 bits per heavy atom. The van der Waals surface area contributed by atoms with E-state index in [2.05, 4.69) is 61.8 Å². The Hall–Kier alpha value is -1.16. The van der Waals surface area contributed by atoms with Gasteiger partial charge >= 0.3 is 0 Å². The second kappa shape index (κ2) is 8.20. The first kappa shape index (κ1) is 16.9. The lowest BCUT2D eigenvalue weighted by atomic mass is 10.0. The van der Waals surface area contributed by atoms with Gasteiger partial charge in [-0.05, 0) is 26.3 Å². The number of nitrogens with one attached hydrogen (secondary N) is 1. The van der Waals surface area contributed by atoms with Gasteiger partial charge in [-0.15, -0.1) is 6.58 Å². The van der Waals surface area contributed by atoms with Crippen LogP contribution in [-0.2, 0) is 0 Å². The first-order valence-electron chi connectivity index (χ1n) is 7.23. The van der Waals surface area contributed by atoms with E-state index >= 15 is 0 Å². The highest BCUT2D eigenvalue weighted by Gasteiger charge is 2.21. The third-order valence-electron chi connectivity index (χ3n) is 3.20. The van der Waals surface area contributed by atoms with E-state index in [1.807, 2.05) is 12.1 Å². The van der Waals surface area contributed by atoms with E-state index in [1.54, 1.807) is 0 Å². The lowest BCUT2D eigenvalue weighted by molar-refractivity contribution is 0.156. The Bertz CT molecular complexity index is 384. The molecule has 0 radical (unpaired) electrons. The van der Waals surface area contributed by atoms with Gasteiger partial charge in [0.05, 0.1) is 6.61 Å². The van der Waals surface area contributed by atoms with E-state index in [9.17, 15) is 5.11 Å². The second-order valence-corrected chi connectivity index (χ2v) is 6.06. The normalized spacial score (nSPS) is 13.4. The van der Waals surface area contributed by atoms with E-state index in [4.69, 9.17) is 0 Å². The van der Waals surface area contributed by atoms with Crippen molar-refractivity contribution in [2.24, 2.45) is 0 Å². The molecule has 2 N–H and O–H groups in total. The average molecular weight is 276 g/mol. The van der Waals surface area contributed by atoms with Gasteiger partial charge < -0.3 is 10.4 Å². The number of aliphatic hydroxyl groups is 1. The lowest BCUT2D eigenvalue weighted by Gasteiger charge is -2.33. The monoisotopic (exact) mass is 276 g/mol. The van der Waals surface area contributed by atoms with Crippen molar-refractivity contribution in [2.75, 3.05) is 26.2 Å². The number of nitrogens with zero attached hydrogens (tertiary/aromatic N) is 1. The summed E-state index contributed by atoms with van der Waals surface area (Å²) < 4.78 is 0. The van der Waals surface area contributed by atoms with Crippen molar-refractivity contribution in [1.29, 1.82) is 0 Å². The van der Waals surface area contributed by atoms with Crippen LogP contribution in [0.5, 0.6) is 0 Å². The molecule has 0 heterocycles. The van der Waals surface area contributed by atoms with Gasteiger partial charge in [-0.2, -0.15) is 0 Å². The SMILES string of the molecule is C=CCN(CCO)C(CNC(C)(C)C)c1ccccc1. The zero-order valence-corrected chi connectivity index (χ0v) is 13.0. The van der Waals surface area contributed by atoms with Crippen molar-refractivity contribution >= 4 is 0 Å². The Balaban J connectivity index is 2.90. The molecule has 0 aliphatic rings. The molecule has 1 aromatic rings. The number of hydrogen-bond acceptors (Lipinski definition) is 3. The maximum atomic E-state index is 9.29. The number of benzene rings is 1. The minimum absolute atomic E-state index is 0.0755. The highest BCUT2D eigenvalue weighted by molar-refractivity contribution is 5.20. The van der Waals surface area contributed by atoms with Gasteiger partial charge in [0.25, 0.3) is 0 Å². The van der Waals surface area contributed by atoms with Crippen LogP contribution in [0.4, 0.5) is 0 Å². The fourth-order valence-corrected chi connectivity index (χ4v) is 2.20. The fourth-order valence-electron chi connectivity index (χ4n) is 2.20. The van der Waals surface area contributed by atoms with Crippen molar-refractivity contribution in [3.05, 3.63) is 48.6 Å². The first-order chi connectivity index (χ1) is 9.48. The zero-order chi connectivity index (χ0) is 15.0. The summed E-state index contributed by atoms with van der Waals surface area (Å²) in [6.07, 6.45) is 1.89. The molecule has 3 nitrogen and oxygen atoms in total. The summed E-state index contributed by atoms with van der Waals surface area (Å²) in [5.41, 5.74) is 1.34. The van der Waals surface area contributed by atoms with Crippen molar-refractivity contribution in [3.8, 4) is 0 Å². The summed E-state index contributed by atoms with van der Waals surface area (Å²) in [5, 5.41) is 12.9. The van der Waals surface area contributed by atoms with Crippen LogP contribution >= 0.6 is 0 Å². The van der Waals surface area contributed by atoms with Crippen LogP contribution in [0.15, 0.2) is 43.0 Å². The zero-order valence-electron chi connectivity index (χ0n) is 13.0. The van der Waals surface area contributed by atoms with E-state index in [0.717, 1.165) is 13.1 Å². The fraction of sp³-hybridized carbons (Fsp3) is 0.529. The molecular formula is C17H28N2O. The molecule has 0 spiro atoms. The maximum Gasteiger partial charge on any atom is 0.0558 e. The largest absolute Gasteiger partial charge is 0.395 e. The van der Waals surface area contributed by atoms with Crippen LogP contribution in [-0.4, -0.2) is 41.8 Å². The molecule has 0 aromatic heterocycles. The predicted molar refractivity (Wildman–Crippen MR) is 85.8 cm³/mol. The van der Waals surface area contributed by atoms with Gasteiger partial charge in [0.2, 0.25) is 0 Å².